The van der Waals surface area contributed by atoms with E-state index in [9.17, 15) is 0 Å². The summed E-state index contributed by atoms with van der Waals surface area (Å²) in [5, 5.41) is 2.56. The summed E-state index contributed by atoms with van der Waals surface area (Å²) in [6.07, 6.45) is 14.2. The Bertz CT molecular complexity index is 3390. The molecule has 10 aromatic rings. The Morgan fingerprint density at radius 3 is 1.91 bits per heavy atom. The van der Waals surface area contributed by atoms with Crippen molar-refractivity contribution < 1.29 is 0 Å². The molecule has 2 aromatic heterocycles. The Balaban J connectivity index is 0.904. The lowest BCUT2D eigenvalue weighted by Gasteiger charge is -2.30. The van der Waals surface area contributed by atoms with Gasteiger partial charge in [-0.25, -0.2) is 0 Å². The molecular weight excluding hydrogens is 817 g/mol. The quantitative estimate of drug-likeness (QED) is 0.126. The van der Waals surface area contributed by atoms with Crippen LogP contribution in [0, 0.1) is 0 Å². The molecule has 318 valence electrons. The summed E-state index contributed by atoms with van der Waals surface area (Å²) in [6.45, 7) is 6.67. The van der Waals surface area contributed by atoms with Crippen LogP contribution in [-0.2, 0) is 11.8 Å². The second kappa shape index (κ2) is 17.7. The molecule has 2 nitrogen and oxygen atoms in total. The molecule has 8 aromatic carbocycles. The van der Waals surface area contributed by atoms with Gasteiger partial charge in [0.15, 0.2) is 0 Å². The monoisotopic (exact) mass is 866 g/mol. The lowest BCUT2D eigenvalue weighted by Crippen LogP contribution is -2.22. The number of rotatable bonds is 11. The lowest BCUT2D eigenvalue weighted by molar-refractivity contribution is 0.539. The van der Waals surface area contributed by atoms with E-state index >= 15 is 0 Å². The van der Waals surface area contributed by atoms with Crippen LogP contribution in [0.5, 0.6) is 0 Å². The number of hydrogen-bond donors (Lipinski definition) is 0. The SMILES string of the molecule is C=Cc1c(/C=C\Cc2ccc(N(c3ccc(-c4ccccc4)cc3)c3ccc(-c4cccc(C5(C)CCC=Cc6c5sc5ccccc65)c4)cc3)cc2)n(-c2ccccc2)c2ccccc12. The fourth-order valence-corrected chi connectivity index (χ4v) is 11.3. The Hall–Kier alpha value is -7.72. The molecule has 0 saturated carbocycles. The van der Waals surface area contributed by atoms with Gasteiger partial charge in [-0.05, 0) is 130 Å². The van der Waals surface area contributed by atoms with Gasteiger partial charge in [0, 0.05) is 48.7 Å². The predicted molar refractivity (Wildman–Crippen MR) is 285 cm³/mol. The van der Waals surface area contributed by atoms with E-state index in [2.05, 4.69) is 254 Å². The zero-order valence-corrected chi connectivity index (χ0v) is 38.0. The standard InChI is InChI=1S/C63H50N2S/c1-3-55-56-25-10-12-28-60(56)65(51-23-8-5-9-24-51)59(55)29-16-18-45-31-37-52(38-32-45)64(53-39-33-47(34-40-53)46-19-6-4-7-20-46)54-41-35-48(36-42-54)49-21-17-22-50(44-49)63(2)43-15-14-27-58-57-26-11-13-30-61(57)66-62(58)63/h3-14,16-17,19-42,44H,1,15,18,43H2,2H3/b29-16-. The second-order valence-corrected chi connectivity index (χ2v) is 18.5. The smallest absolute Gasteiger partial charge is 0.0541 e. The molecule has 0 N–H and O–H groups in total. The number of anilines is 3. The molecule has 66 heavy (non-hydrogen) atoms. The third-order valence-corrected chi connectivity index (χ3v) is 14.9. The minimum atomic E-state index is -0.0835. The second-order valence-electron chi connectivity index (χ2n) is 17.5. The number of aromatic nitrogens is 1. The summed E-state index contributed by atoms with van der Waals surface area (Å²) >= 11 is 1.96. The van der Waals surface area contributed by atoms with E-state index < -0.39 is 0 Å². The molecule has 0 bridgehead atoms. The topological polar surface area (TPSA) is 8.17 Å². The first-order valence-electron chi connectivity index (χ1n) is 23.0. The Morgan fingerprint density at radius 1 is 0.606 bits per heavy atom. The van der Waals surface area contributed by atoms with Crippen molar-refractivity contribution >= 4 is 67.6 Å². The number of allylic oxidation sites excluding steroid dienone is 2. The summed E-state index contributed by atoms with van der Waals surface area (Å²) in [6, 6.07) is 75.0. The van der Waals surface area contributed by atoms with Gasteiger partial charge in [0.05, 0.1) is 11.2 Å². The third kappa shape index (κ3) is 7.62. The zero-order valence-electron chi connectivity index (χ0n) is 37.1. The number of nitrogens with zero attached hydrogens (tertiary/aromatic N) is 2. The molecule has 0 saturated heterocycles. The number of para-hydroxylation sites is 2. The average molecular weight is 867 g/mol. The molecule has 1 aliphatic carbocycles. The summed E-state index contributed by atoms with van der Waals surface area (Å²) < 4.78 is 3.70. The Kier molecular flexibility index (Phi) is 11.0. The first kappa shape index (κ1) is 41.0. The molecule has 11 rings (SSSR count). The molecule has 0 spiro atoms. The third-order valence-electron chi connectivity index (χ3n) is 13.4. The van der Waals surface area contributed by atoms with E-state index in [4.69, 9.17) is 0 Å². The van der Waals surface area contributed by atoms with Crippen molar-refractivity contribution in [1.29, 1.82) is 0 Å². The molecular formula is C63H50N2S. The molecule has 0 aliphatic heterocycles. The van der Waals surface area contributed by atoms with Crippen molar-refractivity contribution in [3.8, 4) is 27.9 Å². The fourth-order valence-electron chi connectivity index (χ4n) is 9.93. The molecule has 1 atom stereocenters. The molecule has 0 radical (unpaired) electrons. The molecule has 1 unspecified atom stereocenters. The van der Waals surface area contributed by atoms with Gasteiger partial charge in [-0.1, -0.05) is 183 Å². The summed E-state index contributed by atoms with van der Waals surface area (Å²) in [4.78, 5) is 3.83. The van der Waals surface area contributed by atoms with Crippen molar-refractivity contribution in [1.82, 2.24) is 4.57 Å². The minimum Gasteiger partial charge on any atom is -0.311 e. The molecule has 3 heteroatoms. The Labute approximate surface area is 392 Å². The van der Waals surface area contributed by atoms with Gasteiger partial charge >= 0.3 is 0 Å². The number of benzene rings is 8. The summed E-state index contributed by atoms with van der Waals surface area (Å²) in [5.41, 5.74) is 16.7. The summed E-state index contributed by atoms with van der Waals surface area (Å²) in [7, 11) is 0. The van der Waals surface area contributed by atoms with Gasteiger partial charge in [0.2, 0.25) is 0 Å². The van der Waals surface area contributed by atoms with Crippen LogP contribution >= 0.6 is 11.3 Å². The molecule has 1 aliphatic rings. The zero-order chi connectivity index (χ0) is 44.5. The molecule has 2 heterocycles. The Morgan fingerprint density at radius 2 is 1.20 bits per heavy atom. The largest absolute Gasteiger partial charge is 0.311 e. The van der Waals surface area contributed by atoms with E-state index in [-0.39, 0.29) is 5.41 Å². The highest BCUT2D eigenvalue weighted by atomic mass is 32.1. The maximum atomic E-state index is 4.22. The van der Waals surface area contributed by atoms with Crippen LogP contribution in [0.1, 0.15) is 52.6 Å². The fraction of sp³-hybridized carbons (Fsp3) is 0.0794. The van der Waals surface area contributed by atoms with Crippen LogP contribution in [0.15, 0.2) is 225 Å². The van der Waals surface area contributed by atoms with Gasteiger partial charge < -0.3 is 9.47 Å². The maximum Gasteiger partial charge on any atom is 0.0541 e. The van der Waals surface area contributed by atoms with Gasteiger partial charge in [0.25, 0.3) is 0 Å². The van der Waals surface area contributed by atoms with Crippen molar-refractivity contribution in [2.24, 2.45) is 0 Å². The van der Waals surface area contributed by atoms with Crippen LogP contribution in [0.25, 0.3) is 67.2 Å². The van der Waals surface area contributed by atoms with Crippen molar-refractivity contribution in [3.63, 3.8) is 0 Å². The van der Waals surface area contributed by atoms with Crippen LogP contribution in [0.3, 0.4) is 0 Å². The molecule has 0 fully saturated rings. The van der Waals surface area contributed by atoms with Crippen LogP contribution in [0.4, 0.5) is 17.1 Å². The van der Waals surface area contributed by atoms with Gasteiger partial charge in [-0.3, -0.25) is 0 Å². The van der Waals surface area contributed by atoms with E-state index in [0.29, 0.717) is 0 Å². The van der Waals surface area contributed by atoms with Crippen LogP contribution < -0.4 is 4.90 Å². The number of thiophene rings is 1. The number of hydrogen-bond acceptors (Lipinski definition) is 2. The lowest BCUT2D eigenvalue weighted by atomic mass is 9.76. The highest BCUT2D eigenvalue weighted by Gasteiger charge is 2.34. The van der Waals surface area contributed by atoms with E-state index in [1.54, 1.807) is 0 Å². The molecule has 0 amide bonds. The van der Waals surface area contributed by atoms with E-state index in [1.807, 2.05) is 17.4 Å². The van der Waals surface area contributed by atoms with Crippen molar-refractivity contribution in [3.05, 3.63) is 258 Å². The normalized spacial score (nSPS) is 14.7. The van der Waals surface area contributed by atoms with Gasteiger partial charge in [-0.15, -0.1) is 11.3 Å². The number of fused-ring (bicyclic) bond motifs is 4. The van der Waals surface area contributed by atoms with E-state index in [1.165, 1.54) is 64.8 Å². The minimum absolute atomic E-state index is 0.0835. The average Bonchev–Trinajstić information content (AvgIpc) is 3.86. The van der Waals surface area contributed by atoms with Crippen LogP contribution in [0.2, 0.25) is 0 Å². The highest BCUT2D eigenvalue weighted by Crippen LogP contribution is 2.48. The van der Waals surface area contributed by atoms with Gasteiger partial charge in [0.1, 0.15) is 0 Å². The predicted octanol–water partition coefficient (Wildman–Crippen LogP) is 17.7. The summed E-state index contributed by atoms with van der Waals surface area (Å²) in [5.74, 6) is 0. The first-order valence-corrected chi connectivity index (χ1v) is 23.8. The maximum absolute atomic E-state index is 4.22. The van der Waals surface area contributed by atoms with Crippen molar-refractivity contribution in [2.45, 2.75) is 31.6 Å². The van der Waals surface area contributed by atoms with E-state index in [0.717, 1.165) is 53.3 Å². The van der Waals surface area contributed by atoms with Crippen molar-refractivity contribution in [2.75, 3.05) is 4.90 Å². The van der Waals surface area contributed by atoms with Crippen LogP contribution in [-0.4, -0.2) is 4.57 Å². The van der Waals surface area contributed by atoms with Gasteiger partial charge in [-0.2, -0.15) is 0 Å². The first-order chi connectivity index (χ1) is 32.6. The highest BCUT2D eigenvalue weighted by molar-refractivity contribution is 7.19.